The molecular formula is C15H12N4O2. The molecule has 0 bridgehead atoms. The van der Waals surface area contributed by atoms with E-state index < -0.39 is 0 Å². The van der Waals surface area contributed by atoms with Gasteiger partial charge in [-0.2, -0.15) is 0 Å². The predicted octanol–water partition coefficient (Wildman–Crippen LogP) is 2.29. The number of carbonyl (C=O) groups excluding carboxylic acids is 1. The molecule has 0 saturated carbocycles. The lowest BCUT2D eigenvalue weighted by Gasteiger charge is -2.05. The molecule has 2 aromatic heterocycles. The number of hydrogen-bond donors (Lipinski definition) is 1. The summed E-state index contributed by atoms with van der Waals surface area (Å²) in [4.78, 5) is 16.4. The molecule has 1 aromatic carbocycles. The van der Waals surface area contributed by atoms with Crippen molar-refractivity contribution in [3.8, 4) is 5.88 Å². The van der Waals surface area contributed by atoms with E-state index in [-0.39, 0.29) is 11.6 Å². The predicted molar refractivity (Wildman–Crippen MR) is 78.3 cm³/mol. The van der Waals surface area contributed by atoms with Crippen LogP contribution in [0.1, 0.15) is 10.5 Å². The van der Waals surface area contributed by atoms with Crippen LogP contribution in [0.5, 0.6) is 5.88 Å². The summed E-state index contributed by atoms with van der Waals surface area (Å²) in [5.74, 6) is 0.0150. The van der Waals surface area contributed by atoms with Gasteiger partial charge in [0.25, 0.3) is 5.91 Å². The summed E-state index contributed by atoms with van der Waals surface area (Å²) in [7, 11) is 1.49. The number of hydrogen-bond acceptors (Lipinski definition) is 5. The van der Waals surface area contributed by atoms with Crippen LogP contribution in [-0.4, -0.2) is 28.2 Å². The number of amides is 1. The van der Waals surface area contributed by atoms with Crippen LogP contribution in [0.4, 0.5) is 5.69 Å². The molecule has 0 aliphatic rings. The second-order valence-electron chi connectivity index (χ2n) is 4.33. The van der Waals surface area contributed by atoms with E-state index in [1.165, 1.54) is 7.11 Å². The smallest absolute Gasteiger partial charge is 0.276 e. The van der Waals surface area contributed by atoms with Gasteiger partial charge < -0.3 is 10.1 Å². The lowest BCUT2D eigenvalue weighted by atomic mass is 10.2. The number of rotatable bonds is 3. The Morgan fingerprint density at radius 1 is 1.14 bits per heavy atom. The lowest BCUT2D eigenvalue weighted by Crippen LogP contribution is -2.14. The van der Waals surface area contributed by atoms with Crippen LogP contribution in [-0.2, 0) is 0 Å². The van der Waals surface area contributed by atoms with Crippen molar-refractivity contribution in [2.45, 2.75) is 0 Å². The summed E-state index contributed by atoms with van der Waals surface area (Å²) in [5.41, 5.74) is 1.69. The SMILES string of the molecule is COc1ccc(C(=O)Nc2cnc3ccccc3c2)nn1. The summed E-state index contributed by atoms with van der Waals surface area (Å²) in [5, 5.41) is 11.3. The third-order valence-corrected chi connectivity index (χ3v) is 2.93. The molecule has 0 aliphatic carbocycles. The number of fused-ring (bicyclic) bond motifs is 1. The van der Waals surface area contributed by atoms with Crippen molar-refractivity contribution in [3.63, 3.8) is 0 Å². The molecule has 3 aromatic rings. The largest absolute Gasteiger partial charge is 0.480 e. The molecule has 0 spiro atoms. The van der Waals surface area contributed by atoms with Gasteiger partial charge >= 0.3 is 0 Å². The minimum absolute atomic E-state index is 0.212. The summed E-state index contributed by atoms with van der Waals surface area (Å²) >= 11 is 0. The number of nitrogens with one attached hydrogen (secondary N) is 1. The van der Waals surface area contributed by atoms with Crippen LogP contribution in [0.3, 0.4) is 0 Å². The average Bonchev–Trinajstić information content (AvgIpc) is 2.55. The highest BCUT2D eigenvalue weighted by molar-refractivity contribution is 6.03. The molecule has 0 fully saturated rings. The highest BCUT2D eigenvalue weighted by Crippen LogP contribution is 2.16. The van der Waals surface area contributed by atoms with Gasteiger partial charge in [-0.05, 0) is 18.2 Å². The van der Waals surface area contributed by atoms with Crippen molar-refractivity contribution >= 4 is 22.5 Å². The van der Waals surface area contributed by atoms with Crippen LogP contribution in [0, 0.1) is 0 Å². The zero-order chi connectivity index (χ0) is 14.7. The number of carbonyl (C=O) groups is 1. The van der Waals surface area contributed by atoms with Crippen LogP contribution in [0.25, 0.3) is 10.9 Å². The number of methoxy groups -OCH3 is 1. The first-order chi connectivity index (χ1) is 10.3. The number of ether oxygens (including phenoxy) is 1. The van der Waals surface area contributed by atoms with E-state index in [1.54, 1.807) is 18.3 Å². The second kappa shape index (κ2) is 5.54. The van der Waals surface area contributed by atoms with Gasteiger partial charge in [0.1, 0.15) is 0 Å². The zero-order valence-electron chi connectivity index (χ0n) is 11.3. The summed E-state index contributed by atoms with van der Waals surface area (Å²) in [6.45, 7) is 0. The number of pyridine rings is 1. The number of benzene rings is 1. The molecule has 0 atom stereocenters. The van der Waals surface area contributed by atoms with Gasteiger partial charge in [0, 0.05) is 11.5 Å². The van der Waals surface area contributed by atoms with Crippen LogP contribution >= 0.6 is 0 Å². The monoisotopic (exact) mass is 280 g/mol. The fourth-order valence-electron chi connectivity index (χ4n) is 1.88. The average molecular weight is 280 g/mol. The molecular weight excluding hydrogens is 268 g/mol. The molecule has 6 nitrogen and oxygen atoms in total. The van der Waals surface area contributed by atoms with E-state index in [2.05, 4.69) is 20.5 Å². The van der Waals surface area contributed by atoms with Gasteiger partial charge in [-0.25, -0.2) is 0 Å². The van der Waals surface area contributed by atoms with Crippen molar-refractivity contribution < 1.29 is 9.53 Å². The van der Waals surface area contributed by atoms with Crippen LogP contribution < -0.4 is 10.1 Å². The second-order valence-corrected chi connectivity index (χ2v) is 4.33. The Labute approximate surface area is 120 Å². The Morgan fingerprint density at radius 2 is 2.00 bits per heavy atom. The third-order valence-electron chi connectivity index (χ3n) is 2.93. The lowest BCUT2D eigenvalue weighted by molar-refractivity contribution is 0.102. The van der Waals surface area contributed by atoms with Gasteiger partial charge in [0.15, 0.2) is 5.69 Å². The quantitative estimate of drug-likeness (QED) is 0.796. The van der Waals surface area contributed by atoms with E-state index in [9.17, 15) is 4.79 Å². The topological polar surface area (TPSA) is 77.0 Å². The molecule has 3 rings (SSSR count). The van der Waals surface area contributed by atoms with Gasteiger partial charge in [0.05, 0.1) is 24.5 Å². The number of para-hydroxylation sites is 1. The first kappa shape index (κ1) is 13.0. The Kier molecular flexibility index (Phi) is 3.42. The normalized spacial score (nSPS) is 10.3. The van der Waals surface area contributed by atoms with Gasteiger partial charge in [-0.1, -0.05) is 18.2 Å². The van der Waals surface area contributed by atoms with Crippen molar-refractivity contribution in [2.75, 3.05) is 12.4 Å². The van der Waals surface area contributed by atoms with E-state index in [1.807, 2.05) is 30.3 Å². The van der Waals surface area contributed by atoms with Crippen molar-refractivity contribution in [1.29, 1.82) is 0 Å². The van der Waals surface area contributed by atoms with Crippen molar-refractivity contribution in [3.05, 3.63) is 54.4 Å². The Hall–Kier alpha value is -3.02. The molecule has 0 aliphatic heterocycles. The van der Waals surface area contributed by atoms with Gasteiger partial charge in [0.2, 0.25) is 5.88 Å². The third kappa shape index (κ3) is 2.79. The minimum atomic E-state index is -0.345. The molecule has 1 amide bonds. The Balaban J connectivity index is 1.81. The zero-order valence-corrected chi connectivity index (χ0v) is 11.3. The maximum atomic E-state index is 12.1. The number of nitrogens with zero attached hydrogens (tertiary/aromatic N) is 3. The highest BCUT2D eigenvalue weighted by Gasteiger charge is 2.09. The molecule has 0 unspecified atom stereocenters. The maximum Gasteiger partial charge on any atom is 0.276 e. The van der Waals surface area contributed by atoms with E-state index >= 15 is 0 Å². The van der Waals surface area contributed by atoms with Gasteiger partial charge in [-0.15, -0.1) is 10.2 Å². The van der Waals surface area contributed by atoms with Crippen LogP contribution in [0.2, 0.25) is 0 Å². The number of aromatic nitrogens is 3. The first-order valence-electron chi connectivity index (χ1n) is 6.30. The standard InChI is InChI=1S/C15H12N4O2/c1-21-14-7-6-13(18-19-14)15(20)17-11-8-10-4-2-3-5-12(10)16-9-11/h2-9H,1H3,(H,17,20). The summed E-state index contributed by atoms with van der Waals surface area (Å²) < 4.78 is 4.90. The van der Waals surface area contributed by atoms with Crippen LogP contribution in [0.15, 0.2) is 48.7 Å². The fraction of sp³-hybridized carbons (Fsp3) is 0.0667. The molecule has 104 valence electrons. The molecule has 0 radical (unpaired) electrons. The summed E-state index contributed by atoms with van der Waals surface area (Å²) in [6, 6.07) is 12.7. The summed E-state index contributed by atoms with van der Waals surface area (Å²) in [6.07, 6.45) is 1.61. The maximum absolute atomic E-state index is 12.1. The molecule has 6 heteroatoms. The van der Waals surface area contributed by atoms with E-state index in [4.69, 9.17) is 4.74 Å². The Morgan fingerprint density at radius 3 is 2.76 bits per heavy atom. The molecule has 0 saturated heterocycles. The minimum Gasteiger partial charge on any atom is -0.480 e. The molecule has 2 heterocycles. The Bertz CT molecular complexity index is 787. The highest BCUT2D eigenvalue weighted by atomic mass is 16.5. The number of anilines is 1. The van der Waals surface area contributed by atoms with E-state index in [0.29, 0.717) is 11.6 Å². The molecule has 1 N–H and O–H groups in total. The first-order valence-corrected chi connectivity index (χ1v) is 6.30. The van der Waals surface area contributed by atoms with E-state index in [0.717, 1.165) is 10.9 Å². The van der Waals surface area contributed by atoms with Gasteiger partial charge in [-0.3, -0.25) is 9.78 Å². The fourth-order valence-corrected chi connectivity index (χ4v) is 1.88. The molecule has 21 heavy (non-hydrogen) atoms. The van der Waals surface area contributed by atoms with Crippen molar-refractivity contribution in [1.82, 2.24) is 15.2 Å². The van der Waals surface area contributed by atoms with Crippen molar-refractivity contribution in [2.24, 2.45) is 0 Å².